The molecule has 0 unspecified atom stereocenters. The smallest absolute Gasteiger partial charge is 0.325 e. The van der Waals surface area contributed by atoms with Crippen molar-refractivity contribution in [1.82, 2.24) is 19.8 Å². The van der Waals surface area contributed by atoms with Gasteiger partial charge in [0.15, 0.2) is 0 Å². The van der Waals surface area contributed by atoms with Crippen LogP contribution in [0.4, 0.5) is 5.69 Å². The Morgan fingerprint density at radius 2 is 1.35 bits per heavy atom. The molecule has 1 fully saturated rings. The van der Waals surface area contributed by atoms with Crippen molar-refractivity contribution < 1.29 is 44.0 Å². The number of carboxylic acid groups (broad SMARTS) is 1. The molecule has 1 aliphatic rings. The number of aryl methyl sites for hydroxylation is 2. The summed E-state index contributed by atoms with van der Waals surface area (Å²) in [6.45, 7) is 3.39. The van der Waals surface area contributed by atoms with Crippen LogP contribution >= 0.6 is 15.9 Å². The quantitative estimate of drug-likeness (QED) is 0.161. The van der Waals surface area contributed by atoms with Gasteiger partial charge in [-0.15, -0.1) is 0 Å². The number of rotatable bonds is 8. The minimum absolute atomic E-state index is 0.186. The maximum Gasteiger partial charge on any atom is 0.325 e. The van der Waals surface area contributed by atoms with Crippen LogP contribution in [0.1, 0.15) is 27.6 Å². The number of nitrogens with one attached hydrogen (secondary N) is 2. The zero-order valence-electron chi connectivity index (χ0n) is 26.7. The number of fused-ring (bicyclic) bond motifs is 2. The van der Waals surface area contributed by atoms with Crippen LogP contribution in [0.2, 0.25) is 0 Å². The molecule has 3 heterocycles. The normalized spacial score (nSPS) is 12.6. The van der Waals surface area contributed by atoms with E-state index in [1.807, 2.05) is 6.07 Å². The van der Waals surface area contributed by atoms with E-state index >= 15 is 0 Å². The molecule has 2 aromatic heterocycles. The van der Waals surface area contributed by atoms with Gasteiger partial charge < -0.3 is 49.5 Å². The fourth-order valence-corrected chi connectivity index (χ4v) is 5.51. The lowest BCUT2D eigenvalue weighted by molar-refractivity contribution is -0.141. The van der Waals surface area contributed by atoms with Gasteiger partial charge in [0, 0.05) is 48.1 Å². The van der Waals surface area contributed by atoms with E-state index in [1.54, 1.807) is 37.3 Å². The maximum absolute atomic E-state index is 12.4. The molecule has 5 rings (SSSR count). The average Bonchev–Trinajstić information content (AvgIpc) is 3.08. The number of pyridine rings is 2. The molecule has 17 heteroatoms. The van der Waals surface area contributed by atoms with E-state index in [9.17, 15) is 39.0 Å². The first-order valence-electron chi connectivity index (χ1n) is 14.9. The Morgan fingerprint density at radius 1 is 0.837 bits per heavy atom. The number of carbonyl (C=O) groups is 4. The molecule has 5 N–H and O–H groups in total. The van der Waals surface area contributed by atoms with E-state index < -0.39 is 64.0 Å². The third kappa shape index (κ3) is 8.01. The van der Waals surface area contributed by atoms with Crippen molar-refractivity contribution in [3.63, 3.8) is 0 Å². The number of nitrogens with zero attached hydrogens (tertiary/aromatic N) is 3. The predicted octanol–water partition coefficient (Wildman–Crippen LogP) is 1.19. The van der Waals surface area contributed by atoms with Gasteiger partial charge in [0.1, 0.15) is 35.7 Å². The molecule has 260 valence electrons. The number of amides is 2. The number of carbonyl (C=O) groups excluding carboxylic acids is 3. The molecular formula is C32H34BrN5O11. The summed E-state index contributed by atoms with van der Waals surface area (Å²) in [6, 6.07) is 10.2. The fourth-order valence-electron chi connectivity index (χ4n) is 5.15. The highest BCUT2D eigenvalue weighted by Gasteiger charge is 2.24. The number of ether oxygens (including phenoxy) is 2. The average molecular weight is 745 g/mol. The number of carboxylic acids is 1. The lowest BCUT2D eigenvalue weighted by Crippen LogP contribution is -2.36. The SMILES string of the molecule is CCOC(=O)CNC(=O)c1c(O)c2cc(Br)ccc2n(C)c1=O.Cn1c(=O)c(C(=O)NCC(=O)O)c(O)c2cc(N3CCOCC3)ccc21. The lowest BCUT2D eigenvalue weighted by atomic mass is 10.1. The predicted molar refractivity (Wildman–Crippen MR) is 181 cm³/mol. The fraction of sp³-hybridized carbons (Fsp3) is 0.312. The second kappa shape index (κ2) is 15.7. The Labute approximate surface area is 286 Å². The summed E-state index contributed by atoms with van der Waals surface area (Å²) in [4.78, 5) is 73.1. The van der Waals surface area contributed by atoms with Gasteiger partial charge >= 0.3 is 11.9 Å². The third-order valence-corrected chi connectivity index (χ3v) is 8.10. The lowest BCUT2D eigenvalue weighted by Gasteiger charge is -2.29. The monoisotopic (exact) mass is 743 g/mol. The van der Waals surface area contributed by atoms with Gasteiger partial charge in [0.05, 0.1) is 30.9 Å². The molecule has 2 amide bonds. The van der Waals surface area contributed by atoms with Crippen LogP contribution in [0.3, 0.4) is 0 Å². The Balaban J connectivity index is 0.000000223. The van der Waals surface area contributed by atoms with E-state index in [0.29, 0.717) is 52.6 Å². The van der Waals surface area contributed by atoms with Crippen LogP contribution < -0.4 is 26.7 Å². The molecule has 0 atom stereocenters. The van der Waals surface area contributed by atoms with Gasteiger partial charge in [0.2, 0.25) is 0 Å². The van der Waals surface area contributed by atoms with Crippen LogP contribution in [0, 0.1) is 0 Å². The number of aromatic hydroxyl groups is 2. The number of morpholine rings is 1. The summed E-state index contributed by atoms with van der Waals surface area (Å²) >= 11 is 3.28. The van der Waals surface area contributed by atoms with Gasteiger partial charge in [-0.05, 0) is 43.3 Å². The van der Waals surface area contributed by atoms with Crippen molar-refractivity contribution in [1.29, 1.82) is 0 Å². The van der Waals surface area contributed by atoms with Crippen molar-refractivity contribution in [2.24, 2.45) is 14.1 Å². The molecule has 0 aliphatic carbocycles. The first-order chi connectivity index (χ1) is 23.3. The molecule has 0 saturated carbocycles. The Hall–Kier alpha value is -5.42. The third-order valence-electron chi connectivity index (χ3n) is 7.61. The Bertz CT molecular complexity index is 2070. The highest BCUT2D eigenvalue weighted by atomic mass is 79.9. The molecular weight excluding hydrogens is 710 g/mol. The molecule has 0 bridgehead atoms. The molecule has 49 heavy (non-hydrogen) atoms. The van der Waals surface area contributed by atoms with Crippen molar-refractivity contribution in [2.45, 2.75) is 6.92 Å². The van der Waals surface area contributed by atoms with E-state index in [0.717, 1.165) is 5.69 Å². The van der Waals surface area contributed by atoms with Crippen LogP contribution in [0.25, 0.3) is 21.8 Å². The number of aromatic nitrogens is 2. The van der Waals surface area contributed by atoms with Crippen LogP contribution in [0.5, 0.6) is 11.5 Å². The molecule has 0 spiro atoms. The summed E-state index contributed by atoms with van der Waals surface area (Å²) in [5.41, 5.74) is -0.443. The van der Waals surface area contributed by atoms with Gasteiger partial charge in [0.25, 0.3) is 22.9 Å². The zero-order chi connectivity index (χ0) is 36.0. The second-order valence-electron chi connectivity index (χ2n) is 10.7. The van der Waals surface area contributed by atoms with Crippen molar-refractivity contribution >= 4 is 67.2 Å². The summed E-state index contributed by atoms with van der Waals surface area (Å²) in [7, 11) is 2.99. The summed E-state index contributed by atoms with van der Waals surface area (Å²) in [5, 5.41) is 34.6. The first kappa shape index (κ1) is 36.4. The molecule has 4 aromatic rings. The first-order valence-corrected chi connectivity index (χ1v) is 15.7. The van der Waals surface area contributed by atoms with E-state index in [-0.39, 0.29) is 13.2 Å². The van der Waals surface area contributed by atoms with Gasteiger partial charge in [-0.1, -0.05) is 15.9 Å². The highest BCUT2D eigenvalue weighted by Crippen LogP contribution is 2.31. The molecule has 2 aromatic carbocycles. The summed E-state index contributed by atoms with van der Waals surface area (Å²) < 4.78 is 13.2. The highest BCUT2D eigenvalue weighted by molar-refractivity contribution is 9.10. The van der Waals surface area contributed by atoms with Crippen molar-refractivity contribution in [2.75, 3.05) is 50.9 Å². The number of benzene rings is 2. The Kier molecular flexibility index (Phi) is 11.6. The van der Waals surface area contributed by atoms with Gasteiger partial charge in [-0.25, -0.2) is 0 Å². The minimum atomic E-state index is -1.25. The van der Waals surface area contributed by atoms with Crippen molar-refractivity contribution in [3.8, 4) is 11.5 Å². The molecule has 0 radical (unpaired) electrons. The number of halogens is 1. The van der Waals surface area contributed by atoms with Crippen LogP contribution in [0.15, 0.2) is 50.5 Å². The molecule has 1 saturated heterocycles. The van der Waals surface area contributed by atoms with E-state index in [4.69, 9.17) is 14.6 Å². The van der Waals surface area contributed by atoms with Crippen LogP contribution in [-0.2, 0) is 33.2 Å². The zero-order valence-corrected chi connectivity index (χ0v) is 28.3. The second-order valence-corrected chi connectivity index (χ2v) is 11.6. The summed E-state index contributed by atoms with van der Waals surface area (Å²) in [5.74, 6) is -4.51. The van der Waals surface area contributed by atoms with Gasteiger partial charge in [-0.2, -0.15) is 0 Å². The number of esters is 1. The van der Waals surface area contributed by atoms with E-state index in [1.165, 1.54) is 23.2 Å². The minimum Gasteiger partial charge on any atom is -0.506 e. The summed E-state index contributed by atoms with van der Waals surface area (Å²) in [6.07, 6.45) is 0. The Morgan fingerprint density at radius 3 is 1.88 bits per heavy atom. The largest absolute Gasteiger partial charge is 0.506 e. The van der Waals surface area contributed by atoms with Crippen molar-refractivity contribution in [3.05, 3.63) is 72.7 Å². The number of hydrogen-bond donors (Lipinski definition) is 5. The maximum atomic E-state index is 12.4. The number of aliphatic carboxylic acids is 1. The number of anilines is 1. The molecule has 16 nitrogen and oxygen atoms in total. The topological polar surface area (TPSA) is 219 Å². The molecule has 1 aliphatic heterocycles. The van der Waals surface area contributed by atoms with Crippen LogP contribution in [-0.4, -0.2) is 94.2 Å². The van der Waals surface area contributed by atoms with Gasteiger partial charge in [-0.3, -0.25) is 28.8 Å². The standard InChI is InChI=1S/C17H19N3O6.C15H15BrN2O5/c1-19-12-3-2-10(20-4-6-26-7-5-20)8-11(12)15(23)14(17(19)25)16(24)18-9-13(21)22;1-3-23-11(19)7-17-14(21)12-13(20)9-6-8(16)4-5-10(9)18(2)15(12)22/h2-3,8,23H,4-7,9H2,1H3,(H,18,24)(H,21,22);4-6,20H,3,7H2,1-2H3,(H,17,21). The van der Waals surface area contributed by atoms with E-state index in [2.05, 4.69) is 31.5 Å². The number of hydrogen-bond acceptors (Lipinski definition) is 11.